The van der Waals surface area contributed by atoms with Gasteiger partial charge in [-0.3, -0.25) is 4.79 Å². The largest absolute Gasteiger partial charge is 0.491 e. The highest BCUT2D eigenvalue weighted by Crippen LogP contribution is 2.26. The average Bonchev–Trinajstić information content (AvgIpc) is 2.41. The topological polar surface area (TPSA) is 61.8 Å². The zero-order chi connectivity index (χ0) is 15.9. The Morgan fingerprint density at radius 3 is 2.64 bits per heavy atom. The smallest absolute Gasteiger partial charge is 0.221 e. The quantitative estimate of drug-likeness (QED) is 0.772. The Kier molecular flexibility index (Phi) is 6.21. The van der Waals surface area contributed by atoms with Crippen LogP contribution in [0, 0.1) is 5.92 Å². The second-order valence-corrected chi connectivity index (χ2v) is 6.19. The average molecular weight is 306 g/mol. The number of ether oxygens (including phenoxy) is 1. The van der Waals surface area contributed by atoms with Gasteiger partial charge in [0.15, 0.2) is 0 Å². The number of hydrogen-bond donors (Lipinski definition) is 2. The first-order valence-corrected chi connectivity index (χ1v) is 7.90. The Labute approximate surface area is 132 Å². The van der Waals surface area contributed by atoms with Crippen LogP contribution in [0.2, 0.25) is 0 Å². The van der Waals surface area contributed by atoms with E-state index in [0.29, 0.717) is 12.3 Å². The van der Waals surface area contributed by atoms with Gasteiger partial charge in [-0.1, -0.05) is 6.42 Å². The van der Waals surface area contributed by atoms with Gasteiger partial charge >= 0.3 is 0 Å². The van der Waals surface area contributed by atoms with Crippen molar-refractivity contribution in [1.82, 2.24) is 4.90 Å². The van der Waals surface area contributed by atoms with Crippen LogP contribution in [-0.4, -0.2) is 48.8 Å². The van der Waals surface area contributed by atoms with Crippen molar-refractivity contribution in [3.63, 3.8) is 0 Å². The predicted molar refractivity (Wildman–Crippen MR) is 87.1 cm³/mol. The van der Waals surface area contributed by atoms with Crippen molar-refractivity contribution in [2.45, 2.75) is 32.3 Å². The molecule has 2 N–H and O–H groups in total. The van der Waals surface area contributed by atoms with E-state index < -0.39 is 6.10 Å². The van der Waals surface area contributed by atoms with E-state index in [4.69, 9.17) is 4.74 Å². The summed E-state index contributed by atoms with van der Waals surface area (Å²) in [4.78, 5) is 13.1. The van der Waals surface area contributed by atoms with E-state index >= 15 is 0 Å². The Bertz CT molecular complexity index is 471. The lowest BCUT2D eigenvalue weighted by Gasteiger charge is -2.31. The monoisotopic (exact) mass is 306 g/mol. The first-order chi connectivity index (χ1) is 10.5. The first-order valence-electron chi connectivity index (χ1n) is 7.90. The zero-order valence-corrected chi connectivity index (χ0v) is 13.4. The van der Waals surface area contributed by atoms with Crippen LogP contribution in [0.25, 0.3) is 0 Å². The first kappa shape index (κ1) is 16.8. The van der Waals surface area contributed by atoms with Gasteiger partial charge in [-0.05, 0) is 50.1 Å². The van der Waals surface area contributed by atoms with Crippen LogP contribution < -0.4 is 10.1 Å². The van der Waals surface area contributed by atoms with E-state index in [2.05, 4.69) is 10.2 Å². The molecule has 1 saturated carbocycles. The molecule has 0 aromatic heterocycles. The standard InChI is InChI=1S/C17H26N2O3/c1-13(20)18-15-6-8-17(9-7-15)22-12-16(21)11-19(2)10-14-4-3-5-14/h6-9,14,16,21H,3-5,10-12H2,1-2H3,(H,18,20). The summed E-state index contributed by atoms with van der Waals surface area (Å²) >= 11 is 0. The molecule has 0 aliphatic heterocycles. The normalized spacial score (nSPS) is 16.2. The minimum Gasteiger partial charge on any atom is -0.491 e. The summed E-state index contributed by atoms with van der Waals surface area (Å²) < 4.78 is 5.58. The number of hydrogen-bond acceptors (Lipinski definition) is 4. The summed E-state index contributed by atoms with van der Waals surface area (Å²) in [5, 5.41) is 12.7. The molecule has 5 heteroatoms. The lowest BCUT2D eigenvalue weighted by atomic mass is 9.85. The number of amides is 1. The molecule has 5 nitrogen and oxygen atoms in total. The third kappa shape index (κ3) is 5.66. The van der Waals surface area contributed by atoms with Crippen LogP contribution in [0.15, 0.2) is 24.3 Å². The maximum atomic E-state index is 10.9. The SMILES string of the molecule is CC(=O)Nc1ccc(OCC(O)CN(C)CC2CCC2)cc1. The van der Waals surface area contributed by atoms with Gasteiger partial charge in [0.1, 0.15) is 18.5 Å². The van der Waals surface area contributed by atoms with E-state index in [1.54, 1.807) is 24.3 Å². The van der Waals surface area contributed by atoms with Gasteiger partial charge in [-0.2, -0.15) is 0 Å². The van der Waals surface area contributed by atoms with E-state index in [0.717, 1.165) is 18.2 Å². The summed E-state index contributed by atoms with van der Waals surface area (Å²) in [7, 11) is 2.05. The van der Waals surface area contributed by atoms with Crippen LogP contribution in [0.4, 0.5) is 5.69 Å². The van der Waals surface area contributed by atoms with Gasteiger partial charge in [0.2, 0.25) is 5.91 Å². The minimum absolute atomic E-state index is 0.0985. The molecule has 122 valence electrons. The number of aliphatic hydroxyl groups excluding tert-OH is 1. The van der Waals surface area contributed by atoms with Gasteiger partial charge in [0.25, 0.3) is 0 Å². The molecule has 0 saturated heterocycles. The number of carbonyl (C=O) groups excluding carboxylic acids is 1. The van der Waals surface area contributed by atoms with Crippen molar-refractivity contribution in [2.24, 2.45) is 5.92 Å². The second-order valence-electron chi connectivity index (χ2n) is 6.19. The molecule has 1 unspecified atom stereocenters. The summed E-state index contributed by atoms with van der Waals surface area (Å²) in [5.41, 5.74) is 0.737. The van der Waals surface area contributed by atoms with Gasteiger partial charge in [-0.25, -0.2) is 0 Å². The van der Waals surface area contributed by atoms with Crippen LogP contribution in [-0.2, 0) is 4.79 Å². The number of carbonyl (C=O) groups is 1. The number of rotatable bonds is 8. The molecule has 0 bridgehead atoms. The molecule has 22 heavy (non-hydrogen) atoms. The van der Waals surface area contributed by atoms with Crippen LogP contribution in [0.3, 0.4) is 0 Å². The van der Waals surface area contributed by atoms with Crippen molar-refractivity contribution in [3.05, 3.63) is 24.3 Å². The Balaban J connectivity index is 1.68. The van der Waals surface area contributed by atoms with Crippen LogP contribution in [0.1, 0.15) is 26.2 Å². The molecule has 0 radical (unpaired) electrons. The number of benzene rings is 1. The van der Waals surface area contributed by atoms with Crippen molar-refractivity contribution < 1.29 is 14.6 Å². The molecule has 0 heterocycles. The summed E-state index contributed by atoms with van der Waals surface area (Å²) in [6.07, 6.45) is 3.48. The van der Waals surface area contributed by atoms with Crippen LogP contribution >= 0.6 is 0 Å². The predicted octanol–water partition coefficient (Wildman–Crippen LogP) is 2.12. The fourth-order valence-electron chi connectivity index (χ4n) is 2.63. The Hall–Kier alpha value is -1.59. The van der Waals surface area contributed by atoms with Gasteiger partial charge < -0.3 is 20.1 Å². The molecule has 1 aliphatic carbocycles. The number of nitrogens with zero attached hydrogens (tertiary/aromatic N) is 1. The van der Waals surface area contributed by atoms with Gasteiger partial charge in [-0.15, -0.1) is 0 Å². The Morgan fingerprint density at radius 2 is 2.09 bits per heavy atom. The van der Waals surface area contributed by atoms with Gasteiger partial charge in [0.05, 0.1) is 0 Å². The Morgan fingerprint density at radius 1 is 1.41 bits per heavy atom. The number of anilines is 1. The minimum atomic E-state index is -0.500. The molecule has 1 atom stereocenters. The fourth-order valence-corrected chi connectivity index (χ4v) is 2.63. The molecule has 1 aromatic carbocycles. The molecular weight excluding hydrogens is 280 g/mol. The third-order valence-electron chi connectivity index (χ3n) is 3.93. The van der Waals surface area contributed by atoms with E-state index in [1.165, 1.54) is 26.2 Å². The third-order valence-corrected chi connectivity index (χ3v) is 3.93. The lowest BCUT2D eigenvalue weighted by molar-refractivity contribution is -0.114. The van der Waals surface area contributed by atoms with Crippen molar-refractivity contribution in [1.29, 1.82) is 0 Å². The van der Waals surface area contributed by atoms with Gasteiger partial charge in [0, 0.05) is 25.7 Å². The molecular formula is C17H26N2O3. The highest BCUT2D eigenvalue weighted by Gasteiger charge is 2.20. The van der Waals surface area contributed by atoms with E-state index in [1.807, 2.05) is 7.05 Å². The zero-order valence-electron chi connectivity index (χ0n) is 13.4. The van der Waals surface area contributed by atoms with E-state index in [9.17, 15) is 9.90 Å². The molecule has 1 aromatic rings. The number of nitrogens with one attached hydrogen (secondary N) is 1. The summed E-state index contributed by atoms with van der Waals surface area (Å²) in [6.45, 7) is 3.43. The molecule has 0 spiro atoms. The van der Waals surface area contributed by atoms with Crippen molar-refractivity contribution in [3.8, 4) is 5.75 Å². The summed E-state index contributed by atoms with van der Waals surface area (Å²) in [6, 6.07) is 7.14. The second kappa shape index (κ2) is 8.15. The maximum Gasteiger partial charge on any atom is 0.221 e. The lowest BCUT2D eigenvalue weighted by Crippen LogP contribution is -2.37. The maximum absolute atomic E-state index is 10.9. The van der Waals surface area contributed by atoms with Crippen LogP contribution in [0.5, 0.6) is 5.75 Å². The summed E-state index contributed by atoms with van der Waals surface area (Å²) in [5.74, 6) is 1.40. The van der Waals surface area contributed by atoms with E-state index in [-0.39, 0.29) is 12.5 Å². The molecule has 1 fully saturated rings. The highest BCUT2D eigenvalue weighted by atomic mass is 16.5. The molecule has 1 amide bonds. The molecule has 1 aliphatic rings. The van der Waals surface area contributed by atoms with Crippen molar-refractivity contribution in [2.75, 3.05) is 32.1 Å². The van der Waals surface area contributed by atoms with Crippen molar-refractivity contribution >= 4 is 11.6 Å². The highest BCUT2D eigenvalue weighted by molar-refractivity contribution is 5.88. The fraction of sp³-hybridized carbons (Fsp3) is 0.588. The molecule has 2 rings (SSSR count). The number of aliphatic hydroxyl groups is 1. The number of likely N-dealkylation sites (N-methyl/N-ethyl adjacent to an activating group) is 1.